The Hall–Kier alpha value is -1.59. The number of rotatable bonds is 4. The molecule has 2 aromatic rings. The van der Waals surface area contributed by atoms with Gasteiger partial charge >= 0.3 is 0 Å². The molecule has 1 amide bonds. The summed E-state index contributed by atoms with van der Waals surface area (Å²) < 4.78 is 5.43. The predicted molar refractivity (Wildman–Crippen MR) is 82.1 cm³/mol. The van der Waals surface area contributed by atoms with Gasteiger partial charge in [-0.1, -0.05) is 13.3 Å². The standard InChI is InChI=1S/C14H19N3O2.ClH/c1-4-7-14(3,15)13(18)17-10-5-6-11-12(8-10)19-9(2)16-11;/h5-6,8H,4,7,15H2,1-3H3,(H,17,18);1H. The molecule has 2 rings (SSSR count). The SMILES string of the molecule is CCCC(C)(N)C(=O)Nc1ccc2nc(C)oc2c1.Cl. The summed E-state index contributed by atoms with van der Waals surface area (Å²) in [6, 6.07) is 5.37. The van der Waals surface area contributed by atoms with E-state index in [-0.39, 0.29) is 18.3 Å². The van der Waals surface area contributed by atoms with Crippen molar-refractivity contribution in [2.75, 3.05) is 5.32 Å². The van der Waals surface area contributed by atoms with E-state index in [1.54, 1.807) is 26.0 Å². The van der Waals surface area contributed by atoms with E-state index in [2.05, 4.69) is 10.3 Å². The lowest BCUT2D eigenvalue weighted by Crippen LogP contribution is -2.48. The van der Waals surface area contributed by atoms with Crippen LogP contribution in [0.1, 0.15) is 32.6 Å². The molecule has 0 spiro atoms. The Morgan fingerprint density at radius 3 is 2.85 bits per heavy atom. The summed E-state index contributed by atoms with van der Waals surface area (Å²) in [6.07, 6.45) is 1.50. The number of anilines is 1. The molecule has 0 bridgehead atoms. The Bertz CT molecular complexity index is 607. The van der Waals surface area contributed by atoms with Crippen molar-refractivity contribution in [1.82, 2.24) is 4.98 Å². The van der Waals surface area contributed by atoms with Gasteiger partial charge in [0.2, 0.25) is 5.91 Å². The van der Waals surface area contributed by atoms with E-state index >= 15 is 0 Å². The molecule has 1 heterocycles. The highest BCUT2D eigenvalue weighted by Gasteiger charge is 2.27. The zero-order valence-electron chi connectivity index (χ0n) is 11.9. The van der Waals surface area contributed by atoms with Crippen LogP contribution in [0, 0.1) is 6.92 Å². The quantitative estimate of drug-likeness (QED) is 0.909. The first-order valence-corrected chi connectivity index (χ1v) is 6.40. The molecular formula is C14H20ClN3O2. The number of nitrogens with one attached hydrogen (secondary N) is 1. The third-order valence-electron chi connectivity index (χ3n) is 3.04. The highest BCUT2D eigenvalue weighted by Crippen LogP contribution is 2.21. The second-order valence-corrected chi connectivity index (χ2v) is 5.04. The molecule has 0 fully saturated rings. The van der Waals surface area contributed by atoms with Crippen molar-refractivity contribution in [2.24, 2.45) is 5.73 Å². The van der Waals surface area contributed by atoms with E-state index in [1.807, 2.05) is 13.0 Å². The Morgan fingerprint density at radius 1 is 1.50 bits per heavy atom. The van der Waals surface area contributed by atoms with E-state index in [9.17, 15) is 4.79 Å². The van der Waals surface area contributed by atoms with Crippen LogP contribution in [0.2, 0.25) is 0 Å². The van der Waals surface area contributed by atoms with Crippen LogP contribution in [0.4, 0.5) is 5.69 Å². The van der Waals surface area contributed by atoms with Crippen LogP contribution in [-0.2, 0) is 4.79 Å². The molecule has 3 N–H and O–H groups in total. The molecule has 0 saturated carbocycles. The number of halogens is 1. The minimum atomic E-state index is -0.860. The Balaban J connectivity index is 0.00000200. The molecule has 0 saturated heterocycles. The fourth-order valence-electron chi connectivity index (χ4n) is 2.02. The number of oxazole rings is 1. The van der Waals surface area contributed by atoms with Crippen LogP contribution in [0.15, 0.2) is 22.6 Å². The molecule has 1 aromatic heterocycles. The molecule has 1 aromatic carbocycles. The average molecular weight is 298 g/mol. The van der Waals surface area contributed by atoms with E-state index in [0.717, 1.165) is 11.9 Å². The summed E-state index contributed by atoms with van der Waals surface area (Å²) in [5, 5.41) is 2.82. The topological polar surface area (TPSA) is 81.2 Å². The Labute approximate surface area is 124 Å². The van der Waals surface area contributed by atoms with Crippen LogP contribution in [0.3, 0.4) is 0 Å². The summed E-state index contributed by atoms with van der Waals surface area (Å²) in [4.78, 5) is 16.3. The molecule has 6 heteroatoms. The van der Waals surface area contributed by atoms with Gasteiger partial charge in [0.1, 0.15) is 5.52 Å². The number of carbonyl (C=O) groups excluding carboxylic acids is 1. The van der Waals surface area contributed by atoms with Crippen LogP contribution >= 0.6 is 12.4 Å². The van der Waals surface area contributed by atoms with Gasteiger partial charge in [-0.15, -0.1) is 12.4 Å². The molecule has 20 heavy (non-hydrogen) atoms. The second kappa shape index (κ2) is 6.24. The monoisotopic (exact) mass is 297 g/mol. The Morgan fingerprint density at radius 2 is 2.20 bits per heavy atom. The normalized spacial score (nSPS) is 13.6. The zero-order valence-corrected chi connectivity index (χ0v) is 12.7. The smallest absolute Gasteiger partial charge is 0.244 e. The first-order chi connectivity index (χ1) is 8.92. The van der Waals surface area contributed by atoms with Crippen molar-refractivity contribution in [3.05, 3.63) is 24.1 Å². The minimum absolute atomic E-state index is 0. The summed E-state index contributed by atoms with van der Waals surface area (Å²) in [5.41, 5.74) is 7.23. The number of hydrogen-bond donors (Lipinski definition) is 2. The van der Waals surface area contributed by atoms with E-state index in [4.69, 9.17) is 10.2 Å². The summed E-state index contributed by atoms with van der Waals surface area (Å²) in [7, 11) is 0. The highest BCUT2D eigenvalue weighted by atomic mass is 35.5. The summed E-state index contributed by atoms with van der Waals surface area (Å²) in [5.74, 6) is 0.415. The lowest BCUT2D eigenvalue weighted by atomic mass is 9.96. The third-order valence-corrected chi connectivity index (χ3v) is 3.04. The predicted octanol–water partition coefficient (Wildman–Crippen LogP) is 3.01. The van der Waals surface area contributed by atoms with Crippen LogP contribution < -0.4 is 11.1 Å². The number of nitrogens with zero attached hydrogens (tertiary/aromatic N) is 1. The van der Waals surface area contributed by atoms with Gasteiger partial charge in [-0.25, -0.2) is 4.98 Å². The molecule has 5 nitrogen and oxygen atoms in total. The Kier molecular flexibility index (Phi) is 5.14. The maximum atomic E-state index is 12.1. The fourth-order valence-corrected chi connectivity index (χ4v) is 2.02. The first-order valence-electron chi connectivity index (χ1n) is 6.40. The lowest BCUT2D eigenvalue weighted by molar-refractivity contribution is -0.120. The maximum Gasteiger partial charge on any atom is 0.244 e. The highest BCUT2D eigenvalue weighted by molar-refractivity contribution is 5.98. The van der Waals surface area contributed by atoms with Crippen molar-refractivity contribution in [1.29, 1.82) is 0 Å². The lowest BCUT2D eigenvalue weighted by Gasteiger charge is -2.22. The van der Waals surface area contributed by atoms with Gasteiger partial charge in [0.25, 0.3) is 0 Å². The van der Waals surface area contributed by atoms with Gasteiger partial charge in [0, 0.05) is 18.7 Å². The summed E-state index contributed by atoms with van der Waals surface area (Å²) in [6.45, 7) is 5.53. The van der Waals surface area contributed by atoms with E-state index in [1.165, 1.54) is 0 Å². The number of fused-ring (bicyclic) bond motifs is 1. The van der Waals surface area contributed by atoms with Crippen molar-refractivity contribution in [3.8, 4) is 0 Å². The van der Waals surface area contributed by atoms with Crippen LogP contribution in [0.25, 0.3) is 11.1 Å². The minimum Gasteiger partial charge on any atom is -0.441 e. The fraction of sp³-hybridized carbons (Fsp3) is 0.429. The van der Waals surface area contributed by atoms with Gasteiger partial charge < -0.3 is 15.5 Å². The molecule has 110 valence electrons. The molecule has 0 aliphatic carbocycles. The van der Waals surface area contributed by atoms with E-state index < -0.39 is 5.54 Å². The number of hydrogen-bond acceptors (Lipinski definition) is 4. The van der Waals surface area contributed by atoms with Gasteiger partial charge in [-0.3, -0.25) is 4.79 Å². The first kappa shape index (κ1) is 16.5. The number of aryl methyl sites for hydroxylation is 1. The molecule has 0 aliphatic heterocycles. The van der Waals surface area contributed by atoms with Gasteiger partial charge in [-0.05, 0) is 25.5 Å². The van der Waals surface area contributed by atoms with E-state index in [0.29, 0.717) is 23.6 Å². The molecule has 1 atom stereocenters. The largest absolute Gasteiger partial charge is 0.441 e. The number of aromatic nitrogens is 1. The van der Waals surface area contributed by atoms with Crippen LogP contribution in [-0.4, -0.2) is 16.4 Å². The number of nitrogens with two attached hydrogens (primary N) is 1. The molecule has 1 unspecified atom stereocenters. The van der Waals surface area contributed by atoms with Crippen molar-refractivity contribution < 1.29 is 9.21 Å². The molecular weight excluding hydrogens is 278 g/mol. The zero-order chi connectivity index (χ0) is 14.0. The maximum absolute atomic E-state index is 12.1. The molecule has 0 aliphatic rings. The van der Waals surface area contributed by atoms with Crippen LogP contribution in [0.5, 0.6) is 0 Å². The van der Waals surface area contributed by atoms with Crippen molar-refractivity contribution in [3.63, 3.8) is 0 Å². The number of amides is 1. The van der Waals surface area contributed by atoms with Gasteiger partial charge in [0.15, 0.2) is 11.5 Å². The van der Waals surface area contributed by atoms with Gasteiger partial charge in [0.05, 0.1) is 5.54 Å². The molecule has 0 radical (unpaired) electrons. The van der Waals surface area contributed by atoms with Gasteiger partial charge in [-0.2, -0.15) is 0 Å². The third kappa shape index (κ3) is 3.49. The van der Waals surface area contributed by atoms with Crippen molar-refractivity contribution in [2.45, 2.75) is 39.2 Å². The summed E-state index contributed by atoms with van der Waals surface area (Å²) >= 11 is 0. The van der Waals surface area contributed by atoms with Crippen molar-refractivity contribution >= 4 is 35.1 Å². The number of benzene rings is 1. The average Bonchev–Trinajstić information content (AvgIpc) is 2.68. The second-order valence-electron chi connectivity index (χ2n) is 5.04. The number of carbonyl (C=O) groups is 1.